The fourth-order valence-electron chi connectivity index (χ4n) is 2.53. The van der Waals surface area contributed by atoms with Crippen LogP contribution >= 0.6 is 0 Å². The molecule has 1 aliphatic heterocycles. The second-order valence-electron chi connectivity index (χ2n) is 4.83. The number of anilines is 1. The highest BCUT2D eigenvalue weighted by Crippen LogP contribution is 2.31. The highest BCUT2D eigenvalue weighted by atomic mass is 15.3. The van der Waals surface area contributed by atoms with Crippen molar-refractivity contribution in [1.82, 2.24) is 0 Å². The molecule has 0 aliphatic carbocycles. The minimum atomic E-state index is 0.197. The third kappa shape index (κ3) is 2.19. The molecular formula is C16H17N3. The lowest BCUT2D eigenvalue weighted by atomic mass is 10.0. The van der Waals surface area contributed by atoms with Crippen LogP contribution in [0.25, 0.3) is 0 Å². The molecule has 0 saturated heterocycles. The largest absolute Gasteiger partial charge is 0.369 e. The summed E-state index contributed by atoms with van der Waals surface area (Å²) in [6.45, 7) is 2.82. The first-order valence-corrected chi connectivity index (χ1v) is 6.46. The van der Waals surface area contributed by atoms with Crippen LogP contribution in [0.3, 0.4) is 0 Å². The summed E-state index contributed by atoms with van der Waals surface area (Å²) < 4.78 is 0. The van der Waals surface area contributed by atoms with Crippen molar-refractivity contribution in [2.75, 3.05) is 11.4 Å². The van der Waals surface area contributed by atoms with Crippen LogP contribution in [0.2, 0.25) is 0 Å². The van der Waals surface area contributed by atoms with Gasteiger partial charge in [0.15, 0.2) is 5.96 Å². The molecule has 0 bridgehead atoms. The second-order valence-corrected chi connectivity index (χ2v) is 4.83. The number of hydrogen-bond donors (Lipinski definition) is 1. The van der Waals surface area contributed by atoms with Crippen LogP contribution in [0.4, 0.5) is 5.69 Å². The van der Waals surface area contributed by atoms with E-state index in [4.69, 9.17) is 5.73 Å². The van der Waals surface area contributed by atoms with E-state index in [0.717, 1.165) is 5.69 Å². The lowest BCUT2D eigenvalue weighted by molar-refractivity contribution is 0.768. The Balaban J connectivity index is 1.99. The minimum Gasteiger partial charge on any atom is -0.369 e. The Morgan fingerprint density at radius 2 is 1.89 bits per heavy atom. The van der Waals surface area contributed by atoms with E-state index in [2.05, 4.69) is 53.2 Å². The molecule has 2 aromatic rings. The number of aliphatic imine (C=N–C) groups is 1. The molecule has 0 aromatic heterocycles. The lowest BCUT2D eigenvalue weighted by Crippen LogP contribution is -2.36. The van der Waals surface area contributed by atoms with Crippen molar-refractivity contribution < 1.29 is 0 Å². The minimum absolute atomic E-state index is 0.197. The van der Waals surface area contributed by atoms with Crippen molar-refractivity contribution in [2.24, 2.45) is 10.7 Å². The molecule has 2 aromatic carbocycles. The second kappa shape index (κ2) is 4.76. The zero-order valence-corrected chi connectivity index (χ0v) is 11.0. The van der Waals surface area contributed by atoms with Crippen LogP contribution < -0.4 is 10.6 Å². The third-order valence-corrected chi connectivity index (χ3v) is 3.45. The van der Waals surface area contributed by atoms with Crippen LogP contribution in [0.5, 0.6) is 0 Å². The predicted molar refractivity (Wildman–Crippen MR) is 79.3 cm³/mol. The summed E-state index contributed by atoms with van der Waals surface area (Å²) in [7, 11) is 0. The monoisotopic (exact) mass is 251 g/mol. The molecule has 0 fully saturated rings. The molecule has 19 heavy (non-hydrogen) atoms. The van der Waals surface area contributed by atoms with Gasteiger partial charge in [-0.05, 0) is 24.6 Å². The zero-order valence-electron chi connectivity index (χ0n) is 11.0. The number of guanidine groups is 1. The summed E-state index contributed by atoms with van der Waals surface area (Å²) in [6, 6.07) is 18.9. The number of nitrogens with zero attached hydrogens (tertiary/aromatic N) is 2. The molecule has 1 heterocycles. The molecule has 3 heteroatoms. The first-order chi connectivity index (χ1) is 9.25. The number of para-hydroxylation sites is 1. The van der Waals surface area contributed by atoms with Gasteiger partial charge in [-0.2, -0.15) is 0 Å². The molecule has 1 aliphatic rings. The van der Waals surface area contributed by atoms with Gasteiger partial charge < -0.3 is 10.6 Å². The molecule has 0 amide bonds. The van der Waals surface area contributed by atoms with Crippen LogP contribution in [0, 0.1) is 6.92 Å². The quantitative estimate of drug-likeness (QED) is 0.891. The maximum atomic E-state index is 6.05. The summed E-state index contributed by atoms with van der Waals surface area (Å²) in [5.74, 6) is 0.595. The smallest absolute Gasteiger partial charge is 0.196 e. The number of hydrogen-bond acceptors (Lipinski definition) is 3. The summed E-state index contributed by atoms with van der Waals surface area (Å²) >= 11 is 0. The third-order valence-electron chi connectivity index (χ3n) is 3.45. The first kappa shape index (κ1) is 11.8. The molecular weight excluding hydrogens is 234 g/mol. The average Bonchev–Trinajstić information content (AvgIpc) is 2.82. The van der Waals surface area contributed by atoms with E-state index in [1.165, 1.54) is 11.1 Å². The van der Waals surface area contributed by atoms with Crippen molar-refractivity contribution in [3.63, 3.8) is 0 Å². The van der Waals surface area contributed by atoms with E-state index in [9.17, 15) is 0 Å². The molecule has 1 unspecified atom stereocenters. The Kier molecular flexibility index (Phi) is 2.95. The van der Waals surface area contributed by atoms with Gasteiger partial charge in [0.2, 0.25) is 0 Å². The number of aryl methyl sites for hydroxylation is 1. The van der Waals surface area contributed by atoms with E-state index in [-0.39, 0.29) is 6.04 Å². The van der Waals surface area contributed by atoms with E-state index < -0.39 is 0 Å². The molecule has 3 rings (SSSR count). The van der Waals surface area contributed by atoms with Crippen molar-refractivity contribution in [2.45, 2.75) is 13.0 Å². The highest BCUT2D eigenvalue weighted by molar-refractivity contribution is 5.97. The van der Waals surface area contributed by atoms with Gasteiger partial charge in [0.25, 0.3) is 0 Å². The van der Waals surface area contributed by atoms with Gasteiger partial charge in [-0.15, -0.1) is 0 Å². The highest BCUT2D eigenvalue weighted by Gasteiger charge is 2.28. The summed E-state index contributed by atoms with van der Waals surface area (Å²) in [4.78, 5) is 6.51. The van der Waals surface area contributed by atoms with Gasteiger partial charge in [-0.25, -0.2) is 0 Å². The maximum absolute atomic E-state index is 6.05. The summed E-state index contributed by atoms with van der Waals surface area (Å²) in [5.41, 5.74) is 9.66. The van der Waals surface area contributed by atoms with Crippen molar-refractivity contribution in [1.29, 1.82) is 0 Å². The van der Waals surface area contributed by atoms with Crippen molar-refractivity contribution >= 4 is 11.6 Å². The first-order valence-electron chi connectivity index (χ1n) is 6.46. The summed E-state index contributed by atoms with van der Waals surface area (Å²) in [5, 5.41) is 0. The Morgan fingerprint density at radius 3 is 2.63 bits per heavy atom. The Labute approximate surface area is 113 Å². The van der Waals surface area contributed by atoms with Gasteiger partial charge in [0.05, 0.1) is 12.6 Å². The van der Waals surface area contributed by atoms with Gasteiger partial charge >= 0.3 is 0 Å². The Bertz CT molecular complexity index is 604. The predicted octanol–water partition coefficient (Wildman–Crippen LogP) is 2.87. The maximum Gasteiger partial charge on any atom is 0.196 e. The van der Waals surface area contributed by atoms with E-state index in [1.807, 2.05) is 18.2 Å². The molecule has 0 spiro atoms. The molecule has 3 nitrogen and oxygen atoms in total. The number of nitrogens with two attached hydrogens (primary N) is 1. The topological polar surface area (TPSA) is 41.6 Å². The molecule has 2 N–H and O–H groups in total. The van der Waals surface area contributed by atoms with Crippen molar-refractivity contribution in [3.05, 3.63) is 65.7 Å². The van der Waals surface area contributed by atoms with E-state index in [1.54, 1.807) is 0 Å². The normalized spacial score (nSPS) is 18.5. The van der Waals surface area contributed by atoms with Crippen LogP contribution in [-0.2, 0) is 0 Å². The van der Waals surface area contributed by atoms with Crippen molar-refractivity contribution in [3.8, 4) is 0 Å². The van der Waals surface area contributed by atoms with Crippen LogP contribution in [0.15, 0.2) is 59.6 Å². The Morgan fingerprint density at radius 1 is 1.11 bits per heavy atom. The van der Waals surface area contributed by atoms with Crippen LogP contribution in [0.1, 0.15) is 17.2 Å². The average molecular weight is 251 g/mol. The molecule has 1 atom stereocenters. The zero-order chi connectivity index (χ0) is 13.2. The molecule has 0 radical (unpaired) electrons. The van der Waals surface area contributed by atoms with Gasteiger partial charge in [0.1, 0.15) is 0 Å². The van der Waals surface area contributed by atoms with Gasteiger partial charge in [0, 0.05) is 5.69 Å². The van der Waals surface area contributed by atoms with Gasteiger partial charge in [-0.1, -0.05) is 48.0 Å². The number of rotatable bonds is 2. The van der Waals surface area contributed by atoms with E-state index in [0.29, 0.717) is 12.5 Å². The standard InChI is InChI=1S/C16H17N3/c1-12-6-5-7-13(10-12)15-11-18-16(17)19(15)14-8-3-2-4-9-14/h2-10,15H,11H2,1H3,(H2,17,18). The van der Waals surface area contributed by atoms with E-state index >= 15 is 0 Å². The van der Waals surface area contributed by atoms with Crippen LogP contribution in [-0.4, -0.2) is 12.5 Å². The molecule has 96 valence electrons. The SMILES string of the molecule is Cc1cccc(C2CN=C(N)N2c2ccccc2)c1. The fraction of sp³-hybridized carbons (Fsp3) is 0.188. The molecule has 0 saturated carbocycles. The lowest BCUT2D eigenvalue weighted by Gasteiger charge is -2.26. The fourth-order valence-corrected chi connectivity index (χ4v) is 2.53. The number of benzene rings is 2. The van der Waals surface area contributed by atoms with Gasteiger partial charge in [-0.3, -0.25) is 4.99 Å². The summed E-state index contributed by atoms with van der Waals surface area (Å²) in [6.07, 6.45) is 0. The Hall–Kier alpha value is -2.29.